The summed E-state index contributed by atoms with van der Waals surface area (Å²) >= 11 is 7.08. The lowest BCUT2D eigenvalue weighted by Crippen LogP contribution is -2.27. The summed E-state index contributed by atoms with van der Waals surface area (Å²) in [7, 11) is -2.62. The maximum absolute atomic E-state index is 13.0. The summed E-state index contributed by atoms with van der Waals surface area (Å²) in [5, 5.41) is -0.116. The third-order valence-electron chi connectivity index (χ3n) is 5.45. The van der Waals surface area contributed by atoms with Crippen molar-refractivity contribution in [3.8, 4) is 23.0 Å². The van der Waals surface area contributed by atoms with Gasteiger partial charge in [0.25, 0.3) is 11.1 Å². The van der Waals surface area contributed by atoms with Gasteiger partial charge in [0.1, 0.15) is 16.4 Å². The van der Waals surface area contributed by atoms with E-state index in [2.05, 4.69) is 0 Å². The van der Waals surface area contributed by atoms with Gasteiger partial charge in [-0.2, -0.15) is 8.42 Å². The van der Waals surface area contributed by atoms with Crippen LogP contribution in [-0.4, -0.2) is 38.4 Å². The number of imide groups is 1. The molecule has 190 valence electrons. The van der Waals surface area contributed by atoms with Crippen LogP contribution in [0.15, 0.2) is 70.5 Å². The Balaban J connectivity index is 1.33. The molecule has 0 spiro atoms. The number of hydrogen-bond donors (Lipinski definition) is 0. The lowest BCUT2D eigenvalue weighted by Gasteiger charge is -2.14. The summed E-state index contributed by atoms with van der Waals surface area (Å²) in [5.41, 5.74) is 1.02. The number of nitrogens with zero attached hydrogens (tertiary/aromatic N) is 1. The van der Waals surface area contributed by atoms with Crippen molar-refractivity contribution >= 4 is 50.7 Å². The van der Waals surface area contributed by atoms with Crippen LogP contribution in [0.5, 0.6) is 23.0 Å². The summed E-state index contributed by atoms with van der Waals surface area (Å²) in [6, 6.07) is 15.2. The van der Waals surface area contributed by atoms with Gasteiger partial charge in [0.05, 0.1) is 18.6 Å². The third-order valence-corrected chi connectivity index (χ3v) is 7.97. The van der Waals surface area contributed by atoms with Gasteiger partial charge in [-0.3, -0.25) is 14.5 Å². The summed E-state index contributed by atoms with van der Waals surface area (Å²) in [6.07, 6.45) is 1.50. The predicted octanol–water partition coefficient (Wildman–Crippen LogP) is 5.08. The van der Waals surface area contributed by atoms with E-state index in [1.807, 2.05) is 0 Å². The zero-order valence-electron chi connectivity index (χ0n) is 19.2. The maximum atomic E-state index is 13.0. The highest BCUT2D eigenvalue weighted by molar-refractivity contribution is 8.18. The molecule has 0 bridgehead atoms. The monoisotopic (exact) mass is 559 g/mol. The van der Waals surface area contributed by atoms with Crippen molar-refractivity contribution < 1.29 is 36.4 Å². The number of rotatable bonds is 7. The van der Waals surface area contributed by atoms with Gasteiger partial charge in [-0.1, -0.05) is 23.7 Å². The first-order chi connectivity index (χ1) is 17.7. The van der Waals surface area contributed by atoms with Gasteiger partial charge in [0.2, 0.25) is 6.79 Å². The molecule has 0 N–H and O–H groups in total. The highest BCUT2D eigenvalue weighted by Crippen LogP contribution is 2.39. The Hall–Kier alpha value is -3.67. The van der Waals surface area contributed by atoms with Gasteiger partial charge < -0.3 is 18.4 Å². The van der Waals surface area contributed by atoms with Crippen LogP contribution < -0.4 is 18.4 Å². The highest BCUT2D eigenvalue weighted by Gasteiger charge is 2.35. The summed E-state index contributed by atoms with van der Waals surface area (Å²) in [6.45, 7) is 0.0321. The number of fused-ring (bicyclic) bond motifs is 1. The molecule has 5 rings (SSSR count). The molecular weight excluding hydrogens is 542 g/mol. The molecule has 0 saturated carbocycles. The second-order valence-corrected chi connectivity index (χ2v) is 10.8. The Bertz CT molecular complexity index is 1540. The van der Waals surface area contributed by atoms with Crippen molar-refractivity contribution in [1.82, 2.24) is 4.90 Å². The number of methoxy groups -OCH3 is 1. The fraction of sp³-hybridized carbons (Fsp3) is 0.120. The lowest BCUT2D eigenvalue weighted by atomic mass is 10.1. The van der Waals surface area contributed by atoms with E-state index in [0.717, 1.165) is 16.7 Å². The quantitative estimate of drug-likeness (QED) is 0.289. The van der Waals surface area contributed by atoms with Gasteiger partial charge in [-0.15, -0.1) is 0 Å². The Kier molecular flexibility index (Phi) is 6.76. The SMILES string of the molecule is COc1ccc(S(=O)(=O)Oc2cccc(/C=C3\SC(=O)N(Cc4cc5c(cc4Cl)OCO5)C3=O)c2)cc1. The Labute approximate surface area is 221 Å². The zero-order valence-corrected chi connectivity index (χ0v) is 21.6. The standard InChI is InChI=1S/C25H18ClNO8S2/c1-32-17-5-7-19(8-6-17)37(30,31)35-18-4-2-3-15(9-18)10-23-24(28)27(25(29)36-23)13-16-11-21-22(12-20(16)26)34-14-33-21/h2-12H,13-14H2,1H3/b23-10-. The minimum atomic E-state index is -4.10. The van der Waals surface area contributed by atoms with Crippen LogP contribution in [0.1, 0.15) is 11.1 Å². The van der Waals surface area contributed by atoms with E-state index >= 15 is 0 Å². The number of amides is 2. The fourth-order valence-corrected chi connectivity index (χ4v) is 5.59. The molecule has 0 aromatic heterocycles. The van der Waals surface area contributed by atoms with Gasteiger partial charge in [0.15, 0.2) is 11.5 Å². The number of carbonyl (C=O) groups is 2. The topological polar surface area (TPSA) is 108 Å². The minimum Gasteiger partial charge on any atom is -0.497 e. The molecule has 2 amide bonds. The Morgan fingerprint density at radius 1 is 1.03 bits per heavy atom. The lowest BCUT2D eigenvalue weighted by molar-refractivity contribution is -0.123. The molecule has 2 aliphatic rings. The van der Waals surface area contributed by atoms with Crippen molar-refractivity contribution in [2.75, 3.05) is 13.9 Å². The molecule has 9 nitrogen and oxygen atoms in total. The van der Waals surface area contributed by atoms with Crippen LogP contribution in [-0.2, 0) is 21.5 Å². The van der Waals surface area contributed by atoms with Gasteiger partial charge >= 0.3 is 10.1 Å². The predicted molar refractivity (Wildman–Crippen MR) is 136 cm³/mol. The molecule has 12 heteroatoms. The first kappa shape index (κ1) is 25.0. The Morgan fingerprint density at radius 3 is 2.49 bits per heavy atom. The van der Waals surface area contributed by atoms with Crippen LogP contribution in [0.4, 0.5) is 4.79 Å². The molecule has 2 aliphatic heterocycles. The molecule has 3 aromatic carbocycles. The molecule has 2 heterocycles. The Morgan fingerprint density at radius 2 is 1.76 bits per heavy atom. The number of thioether (sulfide) groups is 1. The summed E-state index contributed by atoms with van der Waals surface area (Å²) in [4.78, 5) is 26.8. The smallest absolute Gasteiger partial charge is 0.339 e. The molecule has 1 fully saturated rings. The van der Waals surface area contributed by atoms with Crippen LogP contribution in [0.2, 0.25) is 5.02 Å². The first-order valence-electron chi connectivity index (χ1n) is 10.8. The zero-order chi connectivity index (χ0) is 26.2. The minimum absolute atomic E-state index is 0.0398. The van der Waals surface area contributed by atoms with Crippen LogP contribution >= 0.6 is 23.4 Å². The molecule has 0 unspecified atom stereocenters. The van der Waals surface area contributed by atoms with Crippen LogP contribution in [0, 0.1) is 0 Å². The second-order valence-electron chi connectivity index (χ2n) is 7.85. The van der Waals surface area contributed by atoms with Crippen molar-refractivity contribution in [3.05, 3.63) is 81.7 Å². The number of halogens is 1. The van der Waals surface area contributed by atoms with Crippen molar-refractivity contribution in [3.63, 3.8) is 0 Å². The number of benzene rings is 3. The molecule has 0 aliphatic carbocycles. The van der Waals surface area contributed by atoms with E-state index in [1.54, 1.807) is 24.3 Å². The normalized spacial score (nSPS) is 15.9. The summed E-state index contributed by atoms with van der Waals surface area (Å²) < 4.78 is 46.2. The molecule has 3 aromatic rings. The largest absolute Gasteiger partial charge is 0.497 e. The van der Waals surface area contributed by atoms with Gasteiger partial charge in [0, 0.05) is 11.1 Å². The van der Waals surface area contributed by atoms with E-state index in [0.29, 0.717) is 33.4 Å². The highest BCUT2D eigenvalue weighted by atomic mass is 35.5. The van der Waals surface area contributed by atoms with E-state index in [1.165, 1.54) is 49.6 Å². The van der Waals surface area contributed by atoms with Crippen LogP contribution in [0.3, 0.4) is 0 Å². The molecular formula is C25H18ClNO8S2. The van der Waals surface area contributed by atoms with E-state index in [9.17, 15) is 18.0 Å². The fourth-order valence-electron chi connectivity index (χ4n) is 3.61. The number of carbonyl (C=O) groups excluding carboxylic acids is 2. The average molecular weight is 560 g/mol. The average Bonchev–Trinajstić information content (AvgIpc) is 3.43. The van der Waals surface area contributed by atoms with Crippen molar-refractivity contribution in [2.45, 2.75) is 11.4 Å². The second kappa shape index (κ2) is 10.0. The molecule has 37 heavy (non-hydrogen) atoms. The maximum Gasteiger partial charge on any atom is 0.339 e. The van der Waals surface area contributed by atoms with Crippen LogP contribution in [0.25, 0.3) is 6.08 Å². The van der Waals surface area contributed by atoms with Gasteiger partial charge in [-0.25, -0.2) is 0 Å². The third kappa shape index (κ3) is 5.24. The number of ether oxygens (including phenoxy) is 3. The number of hydrogen-bond acceptors (Lipinski definition) is 9. The van der Waals surface area contributed by atoms with Crippen molar-refractivity contribution in [2.24, 2.45) is 0 Å². The summed E-state index contributed by atoms with van der Waals surface area (Å²) in [5.74, 6) is 1.05. The van der Waals surface area contributed by atoms with Crippen molar-refractivity contribution in [1.29, 1.82) is 0 Å². The first-order valence-corrected chi connectivity index (χ1v) is 13.4. The van der Waals surface area contributed by atoms with E-state index in [4.69, 9.17) is 30.0 Å². The molecule has 0 radical (unpaired) electrons. The van der Waals surface area contributed by atoms with E-state index in [-0.39, 0.29) is 28.9 Å². The van der Waals surface area contributed by atoms with Gasteiger partial charge in [-0.05, 0) is 71.4 Å². The molecule has 1 saturated heterocycles. The molecule has 0 atom stereocenters. The van der Waals surface area contributed by atoms with E-state index < -0.39 is 21.3 Å².